The lowest BCUT2D eigenvalue weighted by molar-refractivity contribution is -0.183. The number of rotatable bonds is 7. The number of imidazole rings is 1. The van der Waals surface area contributed by atoms with Gasteiger partial charge >= 0.3 is 6.18 Å². The zero-order valence-electron chi connectivity index (χ0n) is 18.9. The van der Waals surface area contributed by atoms with E-state index >= 15 is 0 Å². The lowest BCUT2D eigenvalue weighted by atomic mass is 9.81. The molecule has 0 spiro atoms. The lowest BCUT2D eigenvalue weighted by Gasteiger charge is -2.31. The van der Waals surface area contributed by atoms with E-state index in [2.05, 4.69) is 25.7 Å². The number of fused-ring (bicyclic) bond motifs is 1. The quantitative estimate of drug-likeness (QED) is 0.425. The molecule has 2 fully saturated rings. The van der Waals surface area contributed by atoms with E-state index in [9.17, 15) is 31.9 Å². The van der Waals surface area contributed by atoms with Crippen LogP contribution >= 0.6 is 0 Å². The summed E-state index contributed by atoms with van der Waals surface area (Å²) in [5, 5.41) is 18.8. The normalized spacial score (nSPS) is 24.4. The topological polar surface area (TPSA) is 130 Å². The molecule has 1 saturated carbocycles. The van der Waals surface area contributed by atoms with Crippen molar-refractivity contribution in [2.24, 2.45) is 23.5 Å². The molecule has 1 amide bonds. The van der Waals surface area contributed by atoms with E-state index in [1.807, 2.05) is 0 Å². The fourth-order valence-corrected chi connectivity index (χ4v) is 4.71. The molecule has 1 aliphatic heterocycles. The summed E-state index contributed by atoms with van der Waals surface area (Å²) in [5.74, 6) is -5.64. The Morgan fingerprint density at radius 2 is 2.00 bits per heavy atom. The van der Waals surface area contributed by atoms with E-state index in [4.69, 9.17) is 5.73 Å². The number of aliphatic hydroxyl groups is 1. The average Bonchev–Trinajstić information content (AvgIpc) is 3.20. The molecule has 0 unspecified atom stereocenters. The van der Waals surface area contributed by atoms with E-state index in [1.165, 1.54) is 10.7 Å². The number of halogens is 5. The van der Waals surface area contributed by atoms with Gasteiger partial charge in [-0.1, -0.05) is 0 Å². The summed E-state index contributed by atoms with van der Waals surface area (Å²) in [6, 6.07) is -0.608. The van der Waals surface area contributed by atoms with Gasteiger partial charge in [-0.3, -0.25) is 4.79 Å². The van der Waals surface area contributed by atoms with Crippen LogP contribution in [0, 0.1) is 17.8 Å². The highest BCUT2D eigenvalue weighted by Crippen LogP contribution is 2.40. The fraction of sp³-hybridized carbons (Fsp3) is 0.714. The van der Waals surface area contributed by atoms with Crippen LogP contribution in [0.15, 0.2) is 6.20 Å². The fourth-order valence-electron chi connectivity index (χ4n) is 4.71. The van der Waals surface area contributed by atoms with Gasteiger partial charge in [0.2, 0.25) is 11.8 Å². The number of aromatic nitrogens is 4. The van der Waals surface area contributed by atoms with E-state index in [1.54, 1.807) is 0 Å². The molecule has 4 rings (SSSR count). The molecule has 0 aromatic carbocycles. The van der Waals surface area contributed by atoms with Gasteiger partial charge in [0, 0.05) is 38.3 Å². The monoisotopic (exact) mass is 505 g/mol. The molecule has 9 nitrogen and oxygen atoms in total. The first-order valence-corrected chi connectivity index (χ1v) is 11.6. The summed E-state index contributed by atoms with van der Waals surface area (Å²) >= 11 is 0. The Morgan fingerprint density at radius 3 is 2.66 bits per heavy atom. The highest BCUT2D eigenvalue weighted by Gasteiger charge is 2.45. The van der Waals surface area contributed by atoms with Gasteiger partial charge in [0.15, 0.2) is 5.82 Å². The Hall–Kier alpha value is -2.61. The number of nitrogens with zero attached hydrogens (tertiary/aromatic N) is 4. The molecule has 3 heterocycles. The van der Waals surface area contributed by atoms with Crippen LogP contribution in [0.5, 0.6) is 0 Å². The van der Waals surface area contributed by atoms with Crippen molar-refractivity contribution in [1.82, 2.24) is 24.9 Å². The number of nitrogens with one attached hydrogen (secondary N) is 2. The highest BCUT2D eigenvalue weighted by atomic mass is 19.4. The van der Waals surface area contributed by atoms with Crippen molar-refractivity contribution in [1.29, 1.82) is 0 Å². The number of amides is 1. The predicted molar refractivity (Wildman–Crippen MR) is 115 cm³/mol. The molecule has 2 aromatic heterocycles. The molecule has 0 bridgehead atoms. The van der Waals surface area contributed by atoms with Crippen molar-refractivity contribution >= 4 is 17.5 Å². The van der Waals surface area contributed by atoms with Crippen molar-refractivity contribution < 1.29 is 31.9 Å². The molecule has 194 valence electrons. The zero-order valence-corrected chi connectivity index (χ0v) is 18.9. The molecule has 5 N–H and O–H groups in total. The Kier molecular flexibility index (Phi) is 7.13. The SMILES string of the molecule is N[C@H](c1cn2nc(C[C@H]3C[C@@H](C(F)(F)F)CNC3=O)c(NCCO)nc2n1)C1CCC(F)(F)CC1. The Labute approximate surface area is 197 Å². The van der Waals surface area contributed by atoms with Crippen LogP contribution in [0.25, 0.3) is 5.78 Å². The smallest absolute Gasteiger partial charge is 0.393 e. The van der Waals surface area contributed by atoms with Gasteiger partial charge in [-0.25, -0.2) is 18.3 Å². The van der Waals surface area contributed by atoms with Crippen LogP contribution in [0.3, 0.4) is 0 Å². The first-order chi connectivity index (χ1) is 16.5. The molecular weight excluding hydrogens is 477 g/mol. The molecule has 3 atom stereocenters. The number of hydrogen-bond donors (Lipinski definition) is 4. The Bertz CT molecular complexity index is 1050. The van der Waals surface area contributed by atoms with Gasteiger partial charge in [0.25, 0.3) is 5.78 Å². The summed E-state index contributed by atoms with van der Waals surface area (Å²) in [6.45, 7) is -0.596. The lowest BCUT2D eigenvalue weighted by Crippen LogP contribution is -2.47. The van der Waals surface area contributed by atoms with Gasteiger partial charge < -0.3 is 21.5 Å². The summed E-state index contributed by atoms with van der Waals surface area (Å²) in [5.41, 5.74) is 6.97. The van der Waals surface area contributed by atoms with Gasteiger partial charge in [-0.2, -0.15) is 23.3 Å². The van der Waals surface area contributed by atoms with Crippen molar-refractivity contribution in [3.8, 4) is 0 Å². The maximum atomic E-state index is 13.5. The number of carbonyl (C=O) groups is 1. The molecule has 2 aromatic rings. The van der Waals surface area contributed by atoms with Crippen molar-refractivity contribution in [2.75, 3.05) is 25.0 Å². The molecule has 0 radical (unpaired) electrons. The van der Waals surface area contributed by atoms with Crippen LogP contribution in [-0.4, -0.2) is 62.4 Å². The zero-order chi connectivity index (χ0) is 25.4. The number of piperidine rings is 1. The highest BCUT2D eigenvalue weighted by molar-refractivity contribution is 5.80. The van der Waals surface area contributed by atoms with Crippen LogP contribution in [-0.2, 0) is 11.2 Å². The maximum absolute atomic E-state index is 13.5. The third-order valence-corrected chi connectivity index (χ3v) is 6.78. The largest absolute Gasteiger partial charge is 0.395 e. The van der Waals surface area contributed by atoms with Crippen LogP contribution < -0.4 is 16.4 Å². The first kappa shape index (κ1) is 25.5. The number of carbonyl (C=O) groups excluding carboxylic acids is 1. The molecule has 14 heteroatoms. The van der Waals surface area contributed by atoms with Gasteiger partial charge in [0.1, 0.15) is 5.69 Å². The molecular formula is C21H28F5N7O2. The second-order valence-electron chi connectivity index (χ2n) is 9.31. The predicted octanol–water partition coefficient (Wildman–Crippen LogP) is 2.21. The van der Waals surface area contributed by atoms with Crippen molar-refractivity contribution in [2.45, 2.75) is 56.7 Å². The van der Waals surface area contributed by atoms with Crippen molar-refractivity contribution in [3.63, 3.8) is 0 Å². The van der Waals surface area contributed by atoms with Gasteiger partial charge in [-0.05, 0) is 25.2 Å². The van der Waals surface area contributed by atoms with Gasteiger partial charge in [0.05, 0.1) is 30.5 Å². The van der Waals surface area contributed by atoms with Crippen LogP contribution in [0.4, 0.5) is 27.8 Å². The molecule has 1 saturated heterocycles. The Balaban J connectivity index is 1.58. The molecule has 35 heavy (non-hydrogen) atoms. The number of hydrogen-bond acceptors (Lipinski definition) is 7. The standard InChI is InChI=1S/C21H28F5N7O2/c22-20(23)3-1-11(2-4-20)16(27)15-10-33-19(30-15)31-17(28-5-6-34)14(32-33)8-12-7-13(21(24,25)26)9-29-18(12)35/h10-13,16,34H,1-9,27H2,(H,29,35)(H,28,30,31)/t12-,13-,16+/m1/s1. The molecule has 1 aliphatic carbocycles. The maximum Gasteiger partial charge on any atom is 0.393 e. The first-order valence-electron chi connectivity index (χ1n) is 11.6. The summed E-state index contributed by atoms with van der Waals surface area (Å²) < 4.78 is 68.0. The third kappa shape index (κ3) is 5.80. The summed E-state index contributed by atoms with van der Waals surface area (Å²) in [7, 11) is 0. The number of anilines is 1. The van der Waals surface area contributed by atoms with E-state index in [0.29, 0.717) is 5.69 Å². The minimum absolute atomic E-state index is 0.100. The second-order valence-corrected chi connectivity index (χ2v) is 9.31. The van der Waals surface area contributed by atoms with Crippen molar-refractivity contribution in [3.05, 3.63) is 17.6 Å². The number of alkyl halides is 5. The van der Waals surface area contributed by atoms with Crippen LogP contribution in [0.1, 0.15) is 49.5 Å². The second kappa shape index (κ2) is 9.80. The summed E-state index contributed by atoms with van der Waals surface area (Å²) in [4.78, 5) is 21.1. The molecule has 2 aliphatic rings. The third-order valence-electron chi connectivity index (χ3n) is 6.78. The van der Waals surface area contributed by atoms with Crippen LogP contribution in [0.2, 0.25) is 0 Å². The van der Waals surface area contributed by atoms with Gasteiger partial charge in [-0.15, -0.1) is 0 Å². The average molecular weight is 505 g/mol. The van der Waals surface area contributed by atoms with E-state index in [-0.39, 0.29) is 74.9 Å². The number of aliphatic hydroxyl groups excluding tert-OH is 1. The minimum atomic E-state index is -4.43. The minimum Gasteiger partial charge on any atom is -0.395 e. The number of nitrogens with two attached hydrogens (primary N) is 1. The van der Waals surface area contributed by atoms with E-state index < -0.39 is 42.4 Å². The van der Waals surface area contributed by atoms with E-state index in [0.717, 1.165) is 0 Å². The summed E-state index contributed by atoms with van der Waals surface area (Å²) in [6.07, 6.45) is -3.35. The Morgan fingerprint density at radius 1 is 1.29 bits per heavy atom.